The van der Waals surface area contributed by atoms with Crippen LogP contribution in [0.15, 0.2) is 344 Å². The van der Waals surface area contributed by atoms with Crippen LogP contribution < -0.4 is 14.9 Å². The molecule has 2 unspecified atom stereocenters. The Morgan fingerprint density at radius 2 is 0.562 bits per heavy atom. The van der Waals surface area contributed by atoms with E-state index in [-0.39, 0.29) is 11.2 Å². The molecule has 14 heteroatoms. The Balaban J connectivity index is 0.000000120. The number of aromatic nitrogens is 6. The van der Waals surface area contributed by atoms with Gasteiger partial charge in [-0.2, -0.15) is 0 Å². The normalized spacial score (nSPS) is 16.3. The topological polar surface area (TPSA) is 114 Å². The lowest BCUT2D eigenvalue weighted by Gasteiger charge is -2.39. The van der Waals surface area contributed by atoms with Gasteiger partial charge in [-0.25, -0.2) is 29.9 Å². The summed E-state index contributed by atoms with van der Waals surface area (Å²) in [6.07, 6.45) is 0. The number of fused-ring (bicyclic) bond motifs is 18. The van der Waals surface area contributed by atoms with Crippen LogP contribution in [0.2, 0.25) is 10.0 Å². The number of nitrogens with zero attached hydrogens (tertiary/aromatic N) is 6. The molecule has 5 aliphatic rings. The molecule has 2 spiro atoms. The number of hydrogen-bond donors (Lipinski definition) is 0. The van der Waals surface area contributed by atoms with Crippen molar-refractivity contribution < 1.29 is 18.8 Å². The van der Waals surface area contributed by atoms with Crippen LogP contribution in [0, 0.1) is 0 Å². The van der Waals surface area contributed by atoms with E-state index in [9.17, 15) is 0 Å². The number of rotatable bonds is 8. The highest BCUT2D eigenvalue weighted by Gasteiger charge is 2.54. The molecule has 0 saturated carbocycles. The van der Waals surface area contributed by atoms with Crippen molar-refractivity contribution in [3.05, 3.63) is 399 Å². The summed E-state index contributed by atoms with van der Waals surface area (Å²) in [6.45, 7) is 8.23. The third-order valence-electron chi connectivity index (χ3n) is 22.3. The molecule has 1 fully saturated rings. The lowest BCUT2D eigenvalue weighted by Crippen LogP contribution is -2.41. The third kappa shape index (κ3) is 12.1. The summed E-state index contributed by atoms with van der Waals surface area (Å²) >= 11 is 16.9. The van der Waals surface area contributed by atoms with Crippen molar-refractivity contribution in [2.45, 2.75) is 49.7 Å². The molecule has 112 heavy (non-hydrogen) atoms. The van der Waals surface area contributed by atoms with E-state index in [1.165, 1.54) is 44.5 Å². The van der Waals surface area contributed by atoms with Gasteiger partial charge >= 0.3 is 7.12 Å². The smallest absolute Gasteiger partial charge is 0.457 e. The fourth-order valence-corrected chi connectivity index (χ4v) is 17.1. The standard InChI is InChI=1S/C46H28ClN3O.C27H26BN3O2.C25H14BrClO/c47-34-24-25-36-35-15-7-8-16-37(35)46(39(36)28-34)38-17-9-10-18-41(38)51-42-26-23-33(27-40(42)46)29-19-21-32(22-20-29)45-49-43(30-11-3-1-4-12-30)48-44(50-45)31-13-5-2-6-14-31;1-26(2)27(3,4)33-28(32-26)22-17-15-21(16-18-22)25-30-23(19-11-7-5-8-12-19)29-24(31-25)20-13-9-6-10-14-20;26-15-9-12-24-22(13-15)25(20-7-3-4-8-23(20)28-24)19-6-2-1-5-17(19)18-11-10-16(27)14-21(18)25/h1-28H;5-18H,1-4H3;1-14H. The molecule has 0 radical (unpaired) electrons. The van der Waals surface area contributed by atoms with E-state index in [0.717, 1.165) is 105 Å². The summed E-state index contributed by atoms with van der Waals surface area (Å²) in [7, 11) is -0.401. The van der Waals surface area contributed by atoms with Gasteiger partial charge in [0.1, 0.15) is 23.0 Å². The minimum atomic E-state index is -0.594. The van der Waals surface area contributed by atoms with Crippen LogP contribution >= 0.6 is 39.1 Å². The predicted octanol–water partition coefficient (Wildman–Crippen LogP) is 24.4. The Labute approximate surface area is 668 Å². The van der Waals surface area contributed by atoms with E-state index < -0.39 is 17.9 Å². The minimum absolute atomic E-state index is 0.375. The Hall–Kier alpha value is -12.3. The fourth-order valence-electron chi connectivity index (χ4n) is 16.4. The first-order valence-electron chi connectivity index (χ1n) is 37.3. The van der Waals surface area contributed by atoms with Gasteiger partial charge in [-0.3, -0.25) is 0 Å². The molecule has 0 N–H and O–H groups in total. The summed E-state index contributed by atoms with van der Waals surface area (Å²) in [5.41, 5.74) is 21.2. The summed E-state index contributed by atoms with van der Waals surface area (Å²) in [4.78, 5) is 29.0. The van der Waals surface area contributed by atoms with Gasteiger partial charge in [0.2, 0.25) is 0 Å². The second-order valence-electron chi connectivity index (χ2n) is 29.4. The maximum absolute atomic E-state index is 6.76. The average Bonchev–Trinajstić information content (AvgIpc) is 1.50. The molecular weight excluding hydrogens is 1490 g/mol. The first kappa shape index (κ1) is 70.2. The van der Waals surface area contributed by atoms with E-state index in [2.05, 4.69) is 195 Å². The zero-order chi connectivity index (χ0) is 75.9. The number of halogens is 3. The Kier molecular flexibility index (Phi) is 17.7. The van der Waals surface area contributed by atoms with Gasteiger partial charge in [0, 0.05) is 70.2 Å². The van der Waals surface area contributed by atoms with Gasteiger partial charge in [0.15, 0.2) is 34.9 Å². The molecule has 1 saturated heterocycles. The number of ether oxygens (including phenoxy) is 2. The molecule has 21 rings (SSSR count). The van der Waals surface area contributed by atoms with Crippen molar-refractivity contribution in [2.24, 2.45) is 0 Å². The van der Waals surface area contributed by atoms with Gasteiger partial charge in [-0.05, 0) is 156 Å². The van der Waals surface area contributed by atoms with E-state index in [1.807, 2.05) is 188 Å². The third-order valence-corrected chi connectivity index (χ3v) is 23.3. The van der Waals surface area contributed by atoms with Crippen LogP contribution in [0.25, 0.3) is 102 Å². The van der Waals surface area contributed by atoms with Gasteiger partial charge in [0.25, 0.3) is 0 Å². The molecule has 10 nitrogen and oxygen atoms in total. The van der Waals surface area contributed by atoms with Gasteiger partial charge in [-0.15, -0.1) is 0 Å². The van der Waals surface area contributed by atoms with Crippen molar-refractivity contribution in [2.75, 3.05) is 0 Å². The fraction of sp³-hybridized carbons (Fsp3) is 0.0816. The highest BCUT2D eigenvalue weighted by atomic mass is 79.9. The predicted molar refractivity (Wildman–Crippen MR) is 452 cm³/mol. The van der Waals surface area contributed by atoms with Crippen molar-refractivity contribution in [1.29, 1.82) is 0 Å². The first-order valence-corrected chi connectivity index (χ1v) is 38.8. The molecular formula is C98H68BBrCl2N6O4. The molecule has 3 aliphatic heterocycles. The van der Waals surface area contributed by atoms with E-state index in [4.69, 9.17) is 71.9 Å². The van der Waals surface area contributed by atoms with Crippen LogP contribution in [0.1, 0.15) is 72.2 Å². The molecule has 0 amide bonds. The number of hydrogen-bond acceptors (Lipinski definition) is 10. The molecule has 5 heterocycles. The van der Waals surface area contributed by atoms with Crippen LogP contribution in [0.5, 0.6) is 23.0 Å². The van der Waals surface area contributed by atoms with Crippen LogP contribution in [-0.2, 0) is 20.1 Å². The van der Waals surface area contributed by atoms with Crippen LogP contribution in [0.4, 0.5) is 0 Å². The molecule has 16 aromatic rings. The van der Waals surface area contributed by atoms with Crippen molar-refractivity contribution in [3.63, 3.8) is 0 Å². The average molecular weight is 1560 g/mol. The highest BCUT2D eigenvalue weighted by molar-refractivity contribution is 9.10. The van der Waals surface area contributed by atoms with Crippen LogP contribution in [0.3, 0.4) is 0 Å². The minimum Gasteiger partial charge on any atom is -0.457 e. The molecule has 0 bridgehead atoms. The van der Waals surface area contributed by atoms with E-state index in [0.29, 0.717) is 40.0 Å². The Morgan fingerprint density at radius 3 is 0.973 bits per heavy atom. The number of para-hydroxylation sites is 2. The van der Waals surface area contributed by atoms with Crippen molar-refractivity contribution in [3.8, 4) is 125 Å². The Morgan fingerprint density at radius 1 is 0.259 bits per heavy atom. The van der Waals surface area contributed by atoms with Gasteiger partial charge < -0.3 is 18.8 Å². The number of benzene rings is 14. The maximum Gasteiger partial charge on any atom is 0.494 e. The van der Waals surface area contributed by atoms with Crippen LogP contribution in [-0.4, -0.2) is 48.2 Å². The lowest BCUT2D eigenvalue weighted by molar-refractivity contribution is 0.00578. The molecule has 2 aromatic heterocycles. The summed E-state index contributed by atoms with van der Waals surface area (Å²) in [6, 6.07) is 116. The monoisotopic (exact) mass is 1550 g/mol. The molecule has 14 aromatic carbocycles. The SMILES string of the molecule is CC1(C)OB(c2ccc(-c3nc(-c4ccccc4)nc(-c4ccccc4)n3)cc2)OC1(C)C.Clc1ccc2c(c1)C1(c3ccccc3Oc3ccc(-c4ccc(-c5nc(-c6ccccc6)nc(-c6ccccc6)n5)cc4)cc31)c1ccccc1-2.Clc1ccc2c(c1)C1(c3ccccc3Oc3ccc(Br)cc31)c1ccccc1-2. The van der Waals surface area contributed by atoms with Gasteiger partial charge in [0.05, 0.1) is 22.0 Å². The lowest BCUT2D eigenvalue weighted by atomic mass is 9.66. The highest BCUT2D eigenvalue weighted by Crippen LogP contribution is 2.65. The zero-order valence-electron chi connectivity index (χ0n) is 61.4. The molecule has 2 atom stereocenters. The second kappa shape index (κ2) is 28.2. The summed E-state index contributed by atoms with van der Waals surface area (Å²) < 4.78 is 26.4. The zero-order valence-corrected chi connectivity index (χ0v) is 64.5. The van der Waals surface area contributed by atoms with E-state index >= 15 is 0 Å². The summed E-state index contributed by atoms with van der Waals surface area (Å²) in [5, 5.41) is 1.45. The Bertz CT molecular complexity index is 6210. The second-order valence-corrected chi connectivity index (χ2v) is 31.2. The maximum atomic E-state index is 6.76. The van der Waals surface area contributed by atoms with E-state index in [1.54, 1.807) is 0 Å². The molecule has 2 aliphatic carbocycles. The van der Waals surface area contributed by atoms with Gasteiger partial charge in [-0.1, -0.05) is 312 Å². The van der Waals surface area contributed by atoms with Crippen molar-refractivity contribution in [1.82, 2.24) is 29.9 Å². The summed E-state index contributed by atoms with van der Waals surface area (Å²) in [5.74, 6) is 7.29. The van der Waals surface area contributed by atoms with Crippen molar-refractivity contribution >= 4 is 51.7 Å². The quantitative estimate of drug-likeness (QED) is 0.136. The molecule has 538 valence electrons. The first-order chi connectivity index (χ1) is 54.7. The largest absolute Gasteiger partial charge is 0.494 e.